The van der Waals surface area contributed by atoms with E-state index in [0.717, 1.165) is 47.2 Å². The van der Waals surface area contributed by atoms with Gasteiger partial charge in [0.2, 0.25) is 0 Å². The number of hydrogen-bond donors (Lipinski definition) is 0. The van der Waals surface area contributed by atoms with E-state index in [1.165, 1.54) is 0 Å². The van der Waals surface area contributed by atoms with Gasteiger partial charge in [0, 0.05) is 11.5 Å². The van der Waals surface area contributed by atoms with Crippen LogP contribution in [0.2, 0.25) is 0 Å². The van der Waals surface area contributed by atoms with E-state index in [4.69, 9.17) is 0 Å². The maximum Gasteiger partial charge on any atom is 0.293 e. The van der Waals surface area contributed by atoms with Gasteiger partial charge in [-0.25, -0.2) is 4.98 Å². The zero-order valence-corrected chi connectivity index (χ0v) is 10.5. The molecule has 1 aromatic rings. The predicted molar refractivity (Wildman–Crippen MR) is 66.7 cm³/mol. The molecular weight excluding hydrogens is 218 g/mol. The summed E-state index contributed by atoms with van der Waals surface area (Å²) < 4.78 is 0. The van der Waals surface area contributed by atoms with Crippen molar-refractivity contribution < 1.29 is 4.98 Å². The molecule has 1 saturated heterocycles. The molecular formula is C12H16N3S+. The lowest BCUT2D eigenvalue weighted by Gasteiger charge is -2.22. The zero-order chi connectivity index (χ0) is 11.5. The van der Waals surface area contributed by atoms with Crippen LogP contribution in [0.1, 0.15) is 16.8 Å². The Morgan fingerprint density at radius 2 is 2.06 bits per heavy atom. The first-order valence-electron chi connectivity index (χ1n) is 5.48. The Bertz CT molecular complexity index is 431. The first kappa shape index (κ1) is 11.3. The number of anilines is 1. The number of hydrogen-bond acceptors (Lipinski definition) is 3. The third kappa shape index (κ3) is 2.14. The Morgan fingerprint density at radius 1 is 1.38 bits per heavy atom. The first-order valence-corrected chi connectivity index (χ1v) is 6.64. The fourth-order valence-electron chi connectivity index (χ4n) is 2.03. The Balaban J connectivity index is 2.42. The van der Waals surface area contributed by atoms with Crippen molar-refractivity contribution in [3.8, 4) is 6.07 Å². The largest absolute Gasteiger partial charge is 0.293 e. The summed E-state index contributed by atoms with van der Waals surface area (Å²) >= 11 is 1.98. The van der Waals surface area contributed by atoms with Crippen LogP contribution in [0.4, 0.5) is 5.82 Å². The molecule has 1 fully saturated rings. The second kappa shape index (κ2) is 4.75. The van der Waals surface area contributed by atoms with Crippen LogP contribution in [0.25, 0.3) is 0 Å². The van der Waals surface area contributed by atoms with Crippen LogP contribution in [0.15, 0.2) is 6.07 Å². The molecule has 0 unspecified atom stereocenters. The second-order valence-electron chi connectivity index (χ2n) is 4.07. The number of nitrogens with zero attached hydrogens (tertiary/aromatic N) is 2. The lowest BCUT2D eigenvalue weighted by molar-refractivity contribution is -0.374. The number of aromatic amines is 1. The molecule has 0 amide bonds. The van der Waals surface area contributed by atoms with Gasteiger partial charge in [0.25, 0.3) is 5.82 Å². The minimum atomic E-state index is 0.789. The molecule has 1 aromatic heterocycles. The number of nitriles is 1. The molecule has 1 aliphatic rings. The van der Waals surface area contributed by atoms with Gasteiger partial charge in [-0.15, -0.1) is 0 Å². The molecule has 4 heteroatoms. The molecule has 84 valence electrons. The second-order valence-corrected chi connectivity index (χ2v) is 5.29. The van der Waals surface area contributed by atoms with Gasteiger partial charge in [0.1, 0.15) is 11.6 Å². The van der Waals surface area contributed by atoms with Crippen molar-refractivity contribution in [2.75, 3.05) is 29.5 Å². The average Bonchev–Trinajstić information content (AvgIpc) is 2.29. The van der Waals surface area contributed by atoms with Gasteiger partial charge in [-0.05, 0) is 25.5 Å². The van der Waals surface area contributed by atoms with E-state index in [9.17, 15) is 5.26 Å². The third-order valence-corrected chi connectivity index (χ3v) is 3.76. The van der Waals surface area contributed by atoms with Crippen LogP contribution in [0.5, 0.6) is 0 Å². The van der Waals surface area contributed by atoms with E-state index >= 15 is 0 Å². The quantitative estimate of drug-likeness (QED) is 0.740. The molecule has 2 rings (SSSR count). The predicted octanol–water partition coefficient (Wildman–Crippen LogP) is 1.54. The van der Waals surface area contributed by atoms with Gasteiger partial charge >= 0.3 is 0 Å². The smallest absolute Gasteiger partial charge is 0.259 e. The summed E-state index contributed by atoms with van der Waals surface area (Å²) in [6.07, 6.45) is 0. The molecule has 0 atom stereocenters. The third-order valence-electron chi connectivity index (χ3n) is 2.82. The lowest BCUT2D eigenvalue weighted by Crippen LogP contribution is -2.38. The van der Waals surface area contributed by atoms with Crippen LogP contribution in [0, 0.1) is 25.2 Å². The van der Waals surface area contributed by atoms with Crippen molar-refractivity contribution >= 4 is 17.6 Å². The normalized spacial score (nSPS) is 15.9. The molecule has 1 N–H and O–H groups in total. The highest BCUT2D eigenvalue weighted by molar-refractivity contribution is 7.99. The molecule has 0 radical (unpaired) electrons. The molecule has 3 nitrogen and oxygen atoms in total. The molecule has 0 aromatic carbocycles. The van der Waals surface area contributed by atoms with Crippen LogP contribution in [-0.2, 0) is 0 Å². The average molecular weight is 234 g/mol. The minimum Gasteiger partial charge on any atom is -0.259 e. The number of rotatable bonds is 1. The molecule has 0 aliphatic carbocycles. The Kier molecular flexibility index (Phi) is 3.35. The van der Waals surface area contributed by atoms with Crippen molar-refractivity contribution in [1.29, 1.82) is 5.26 Å². The van der Waals surface area contributed by atoms with Gasteiger partial charge in [-0.2, -0.15) is 17.0 Å². The number of thioether (sulfide) groups is 1. The van der Waals surface area contributed by atoms with E-state index in [2.05, 4.69) is 16.0 Å². The van der Waals surface area contributed by atoms with Gasteiger partial charge in [0.05, 0.1) is 18.8 Å². The van der Waals surface area contributed by atoms with Gasteiger partial charge < -0.3 is 0 Å². The number of pyridine rings is 1. The lowest BCUT2D eigenvalue weighted by atomic mass is 10.1. The van der Waals surface area contributed by atoms with Gasteiger partial charge in [0.15, 0.2) is 0 Å². The molecule has 0 bridgehead atoms. The summed E-state index contributed by atoms with van der Waals surface area (Å²) in [6, 6.07) is 4.34. The van der Waals surface area contributed by atoms with E-state index in [-0.39, 0.29) is 0 Å². The highest BCUT2D eigenvalue weighted by Gasteiger charge is 2.24. The molecule has 1 aliphatic heterocycles. The SMILES string of the molecule is Cc1cc(C)c(C#N)c(N2CCSCC2)[nH+]1. The standard InChI is InChI=1S/C12H15N3S/c1-9-7-10(2)14-12(11(9)8-13)15-3-5-16-6-4-15/h7H,3-6H2,1-2H3/p+1. The summed E-state index contributed by atoms with van der Waals surface area (Å²) in [5.41, 5.74) is 2.97. The monoisotopic (exact) mass is 234 g/mol. The van der Waals surface area contributed by atoms with Crippen molar-refractivity contribution in [3.63, 3.8) is 0 Å². The van der Waals surface area contributed by atoms with Crippen LogP contribution >= 0.6 is 11.8 Å². The fraction of sp³-hybridized carbons (Fsp3) is 0.500. The zero-order valence-electron chi connectivity index (χ0n) is 9.71. The summed E-state index contributed by atoms with van der Waals surface area (Å²) in [5.74, 6) is 3.29. The van der Waals surface area contributed by atoms with Gasteiger partial charge in [-0.1, -0.05) is 0 Å². The van der Waals surface area contributed by atoms with Crippen LogP contribution in [-0.4, -0.2) is 24.6 Å². The Morgan fingerprint density at radius 3 is 2.69 bits per heavy atom. The first-order chi connectivity index (χ1) is 7.72. The maximum atomic E-state index is 9.22. The van der Waals surface area contributed by atoms with Crippen molar-refractivity contribution in [1.82, 2.24) is 0 Å². The summed E-state index contributed by atoms with van der Waals surface area (Å²) in [7, 11) is 0. The van der Waals surface area contributed by atoms with E-state index < -0.39 is 0 Å². The van der Waals surface area contributed by atoms with E-state index in [0.29, 0.717) is 0 Å². The van der Waals surface area contributed by atoms with Crippen LogP contribution in [0.3, 0.4) is 0 Å². The maximum absolute atomic E-state index is 9.22. The molecule has 2 heterocycles. The van der Waals surface area contributed by atoms with Crippen molar-refractivity contribution in [2.24, 2.45) is 0 Å². The van der Waals surface area contributed by atoms with E-state index in [1.807, 2.05) is 31.7 Å². The van der Waals surface area contributed by atoms with Gasteiger partial charge in [-0.3, -0.25) is 4.90 Å². The summed E-state index contributed by atoms with van der Waals surface area (Å²) in [4.78, 5) is 5.62. The minimum absolute atomic E-state index is 0.789. The van der Waals surface area contributed by atoms with Crippen LogP contribution < -0.4 is 9.88 Å². The summed E-state index contributed by atoms with van der Waals surface area (Å²) in [5, 5.41) is 9.22. The summed E-state index contributed by atoms with van der Waals surface area (Å²) in [6.45, 7) is 6.09. The van der Waals surface area contributed by atoms with Crippen molar-refractivity contribution in [3.05, 3.63) is 22.9 Å². The number of nitrogens with one attached hydrogen (secondary N) is 1. The molecule has 0 spiro atoms. The number of H-pyrrole nitrogens is 1. The highest BCUT2D eigenvalue weighted by Crippen LogP contribution is 2.21. The molecule has 0 saturated carbocycles. The Hall–Kier alpha value is -1.21. The number of aromatic nitrogens is 1. The molecule has 16 heavy (non-hydrogen) atoms. The Labute approximate surface area is 100 Å². The van der Waals surface area contributed by atoms with E-state index in [1.54, 1.807) is 0 Å². The van der Waals surface area contributed by atoms with Crippen molar-refractivity contribution in [2.45, 2.75) is 13.8 Å². The topological polar surface area (TPSA) is 41.2 Å². The number of aryl methyl sites for hydroxylation is 2. The highest BCUT2D eigenvalue weighted by atomic mass is 32.2. The fourth-order valence-corrected chi connectivity index (χ4v) is 2.94.